The van der Waals surface area contributed by atoms with E-state index in [-0.39, 0.29) is 11.3 Å². The van der Waals surface area contributed by atoms with Gasteiger partial charge in [-0.05, 0) is 24.0 Å². The summed E-state index contributed by atoms with van der Waals surface area (Å²) in [5.41, 5.74) is 0.740. The van der Waals surface area contributed by atoms with Crippen LogP contribution in [0.5, 0.6) is 5.75 Å². The van der Waals surface area contributed by atoms with E-state index >= 15 is 0 Å². The molecule has 1 amide bonds. The van der Waals surface area contributed by atoms with Gasteiger partial charge < -0.3 is 9.64 Å². The van der Waals surface area contributed by atoms with Crippen molar-refractivity contribution in [3.05, 3.63) is 29.8 Å². The number of carbonyl (C=O) groups excluding carboxylic acids is 1. The summed E-state index contributed by atoms with van der Waals surface area (Å²) in [6.45, 7) is 5.93. The fourth-order valence-corrected chi connectivity index (χ4v) is 2.84. The van der Waals surface area contributed by atoms with Crippen molar-refractivity contribution in [2.45, 2.75) is 25.1 Å². The first-order chi connectivity index (χ1) is 8.95. The Hall–Kier alpha value is -1.03. The lowest BCUT2D eigenvalue weighted by molar-refractivity contribution is 0.0598. The molecule has 0 saturated carbocycles. The molecule has 1 fully saturated rings. The maximum absolute atomic E-state index is 12.6. The SMILES string of the molecule is COc1ccccc1C(=O)N1CCC(Br)C(C)(C)C1. The van der Waals surface area contributed by atoms with Crippen LogP contribution in [0.1, 0.15) is 30.6 Å². The molecule has 4 heteroatoms. The third-order valence-electron chi connectivity index (χ3n) is 3.72. The summed E-state index contributed by atoms with van der Waals surface area (Å²) in [7, 11) is 1.60. The van der Waals surface area contributed by atoms with E-state index in [0.29, 0.717) is 16.1 Å². The van der Waals surface area contributed by atoms with Gasteiger partial charge in [-0.2, -0.15) is 0 Å². The van der Waals surface area contributed by atoms with Gasteiger partial charge >= 0.3 is 0 Å². The molecule has 0 aliphatic carbocycles. The van der Waals surface area contributed by atoms with Gasteiger partial charge in [0.25, 0.3) is 5.91 Å². The molecule has 19 heavy (non-hydrogen) atoms. The van der Waals surface area contributed by atoms with E-state index in [0.717, 1.165) is 19.5 Å². The molecular weight excluding hydrogens is 306 g/mol. The third kappa shape index (κ3) is 2.94. The molecule has 0 aromatic heterocycles. The van der Waals surface area contributed by atoms with Gasteiger partial charge in [0.15, 0.2) is 0 Å². The van der Waals surface area contributed by atoms with Crippen LogP contribution in [0, 0.1) is 5.41 Å². The average molecular weight is 326 g/mol. The number of halogens is 1. The molecule has 0 N–H and O–H groups in total. The molecule has 1 heterocycles. The van der Waals surface area contributed by atoms with Gasteiger partial charge in [-0.25, -0.2) is 0 Å². The summed E-state index contributed by atoms with van der Waals surface area (Å²) in [5, 5.41) is 0. The lowest BCUT2D eigenvalue weighted by Gasteiger charge is -2.42. The molecule has 1 saturated heterocycles. The van der Waals surface area contributed by atoms with E-state index in [4.69, 9.17) is 4.74 Å². The average Bonchev–Trinajstić information content (AvgIpc) is 2.41. The maximum atomic E-state index is 12.6. The van der Waals surface area contributed by atoms with Gasteiger partial charge in [-0.3, -0.25) is 4.79 Å². The number of hydrogen-bond donors (Lipinski definition) is 0. The quantitative estimate of drug-likeness (QED) is 0.780. The fourth-order valence-electron chi connectivity index (χ4n) is 2.49. The highest BCUT2D eigenvalue weighted by Crippen LogP contribution is 2.35. The first kappa shape index (κ1) is 14.4. The highest BCUT2D eigenvalue weighted by atomic mass is 79.9. The Balaban J connectivity index is 2.21. The van der Waals surface area contributed by atoms with Crippen LogP contribution in [0.2, 0.25) is 0 Å². The Labute approximate surface area is 123 Å². The van der Waals surface area contributed by atoms with E-state index in [1.165, 1.54) is 0 Å². The number of likely N-dealkylation sites (tertiary alicyclic amines) is 1. The number of benzene rings is 1. The number of piperidine rings is 1. The lowest BCUT2D eigenvalue weighted by Crippen LogP contribution is -2.48. The summed E-state index contributed by atoms with van der Waals surface area (Å²) in [4.78, 5) is 15.0. The second kappa shape index (κ2) is 5.53. The summed E-state index contributed by atoms with van der Waals surface area (Å²) in [6, 6.07) is 7.41. The molecule has 3 nitrogen and oxygen atoms in total. The van der Waals surface area contributed by atoms with Crippen LogP contribution >= 0.6 is 15.9 Å². The Kier molecular flexibility index (Phi) is 4.19. The van der Waals surface area contributed by atoms with Crippen molar-refractivity contribution < 1.29 is 9.53 Å². The van der Waals surface area contributed by atoms with Crippen LogP contribution in [0.15, 0.2) is 24.3 Å². The van der Waals surface area contributed by atoms with Crippen molar-refractivity contribution >= 4 is 21.8 Å². The first-order valence-corrected chi connectivity index (χ1v) is 7.43. The zero-order valence-electron chi connectivity index (χ0n) is 11.6. The Bertz CT molecular complexity index is 473. The number of nitrogens with zero attached hydrogens (tertiary/aromatic N) is 1. The summed E-state index contributed by atoms with van der Waals surface area (Å²) < 4.78 is 5.27. The van der Waals surface area contributed by atoms with E-state index in [9.17, 15) is 4.79 Å². The molecule has 0 radical (unpaired) electrons. The van der Waals surface area contributed by atoms with Crippen molar-refractivity contribution in [2.75, 3.05) is 20.2 Å². The Morgan fingerprint density at radius 2 is 2.11 bits per heavy atom. The van der Waals surface area contributed by atoms with Crippen LogP contribution in [0.4, 0.5) is 0 Å². The first-order valence-electron chi connectivity index (χ1n) is 6.52. The van der Waals surface area contributed by atoms with Crippen molar-refractivity contribution in [2.24, 2.45) is 5.41 Å². The standard InChI is InChI=1S/C15H20BrNO2/c1-15(2)10-17(9-8-13(15)16)14(18)11-6-4-5-7-12(11)19-3/h4-7,13H,8-10H2,1-3H3. The number of methoxy groups -OCH3 is 1. The predicted molar refractivity (Wildman–Crippen MR) is 80.0 cm³/mol. The van der Waals surface area contributed by atoms with E-state index < -0.39 is 0 Å². The van der Waals surface area contributed by atoms with Gasteiger partial charge in [0.2, 0.25) is 0 Å². The highest BCUT2D eigenvalue weighted by Gasteiger charge is 2.36. The zero-order valence-corrected chi connectivity index (χ0v) is 13.2. The maximum Gasteiger partial charge on any atom is 0.257 e. The number of hydrogen-bond acceptors (Lipinski definition) is 2. The van der Waals surface area contributed by atoms with Crippen molar-refractivity contribution in [1.82, 2.24) is 4.90 Å². The minimum atomic E-state index is 0.0601. The Morgan fingerprint density at radius 3 is 2.74 bits per heavy atom. The number of ether oxygens (including phenoxy) is 1. The molecule has 1 aromatic carbocycles. The number of carbonyl (C=O) groups is 1. The molecule has 1 aromatic rings. The van der Waals surface area contributed by atoms with Crippen molar-refractivity contribution in [1.29, 1.82) is 0 Å². The number of rotatable bonds is 2. The van der Waals surface area contributed by atoms with Crippen LogP contribution in [0.3, 0.4) is 0 Å². The van der Waals surface area contributed by atoms with E-state index in [2.05, 4.69) is 29.8 Å². The fraction of sp³-hybridized carbons (Fsp3) is 0.533. The Morgan fingerprint density at radius 1 is 1.42 bits per heavy atom. The van der Waals surface area contributed by atoms with Gasteiger partial charge in [-0.1, -0.05) is 41.9 Å². The molecule has 1 aliphatic rings. The summed E-state index contributed by atoms with van der Waals surface area (Å²) >= 11 is 3.71. The number of para-hydroxylation sites is 1. The van der Waals surface area contributed by atoms with Crippen LogP contribution in [-0.4, -0.2) is 35.8 Å². The predicted octanol–water partition coefficient (Wildman–Crippen LogP) is 3.33. The summed E-state index contributed by atoms with van der Waals surface area (Å²) in [5.74, 6) is 0.705. The largest absolute Gasteiger partial charge is 0.496 e. The molecule has 2 rings (SSSR count). The van der Waals surface area contributed by atoms with Crippen molar-refractivity contribution in [3.8, 4) is 5.75 Å². The lowest BCUT2D eigenvalue weighted by atomic mass is 9.83. The van der Waals surface area contributed by atoms with Crippen LogP contribution < -0.4 is 4.74 Å². The highest BCUT2D eigenvalue weighted by molar-refractivity contribution is 9.09. The van der Waals surface area contributed by atoms with Gasteiger partial charge in [0.1, 0.15) is 5.75 Å². The monoisotopic (exact) mass is 325 g/mol. The molecule has 1 unspecified atom stereocenters. The van der Waals surface area contributed by atoms with Gasteiger partial charge in [0.05, 0.1) is 12.7 Å². The molecule has 0 spiro atoms. The normalized spacial score (nSPS) is 22.1. The van der Waals surface area contributed by atoms with Gasteiger partial charge in [0, 0.05) is 17.9 Å². The van der Waals surface area contributed by atoms with Gasteiger partial charge in [-0.15, -0.1) is 0 Å². The minimum Gasteiger partial charge on any atom is -0.496 e. The molecule has 1 atom stereocenters. The second-order valence-corrected chi connectivity index (χ2v) is 6.78. The second-order valence-electron chi connectivity index (χ2n) is 5.67. The third-order valence-corrected chi connectivity index (χ3v) is 5.42. The molecule has 104 valence electrons. The number of alkyl halides is 1. The number of amides is 1. The van der Waals surface area contributed by atoms with E-state index in [1.807, 2.05) is 29.2 Å². The van der Waals surface area contributed by atoms with E-state index in [1.54, 1.807) is 7.11 Å². The molecular formula is C15H20BrNO2. The van der Waals surface area contributed by atoms with Crippen LogP contribution in [0.25, 0.3) is 0 Å². The zero-order chi connectivity index (χ0) is 14.0. The topological polar surface area (TPSA) is 29.5 Å². The van der Waals surface area contributed by atoms with Crippen LogP contribution in [-0.2, 0) is 0 Å². The molecule has 0 bridgehead atoms. The summed E-state index contributed by atoms with van der Waals surface area (Å²) in [6.07, 6.45) is 0.980. The van der Waals surface area contributed by atoms with Crippen molar-refractivity contribution in [3.63, 3.8) is 0 Å². The molecule has 1 aliphatic heterocycles. The smallest absolute Gasteiger partial charge is 0.257 e. The minimum absolute atomic E-state index is 0.0601.